The van der Waals surface area contributed by atoms with Crippen LogP contribution in [-0.2, 0) is 0 Å². The second-order valence-electron chi connectivity index (χ2n) is 3.60. The van der Waals surface area contributed by atoms with E-state index in [9.17, 15) is 0 Å². The van der Waals surface area contributed by atoms with E-state index < -0.39 is 0 Å². The highest BCUT2D eigenvalue weighted by Gasteiger charge is 2.18. The third-order valence-electron chi connectivity index (χ3n) is 2.45. The Morgan fingerprint density at radius 3 is 2.86 bits per heavy atom. The molecule has 1 N–H and O–H groups in total. The van der Waals surface area contributed by atoms with Crippen molar-refractivity contribution >= 4 is 17.5 Å². The summed E-state index contributed by atoms with van der Waals surface area (Å²) in [6.07, 6.45) is 0.859. The van der Waals surface area contributed by atoms with Gasteiger partial charge in [0.15, 0.2) is 0 Å². The van der Waals surface area contributed by atoms with Gasteiger partial charge in [-0.05, 0) is 31.0 Å². The monoisotopic (exact) mass is 207 g/mol. The first-order chi connectivity index (χ1) is 6.72. The lowest BCUT2D eigenvalue weighted by Gasteiger charge is -2.19. The van der Waals surface area contributed by atoms with Gasteiger partial charge in [0.1, 0.15) is 0 Å². The lowest BCUT2D eigenvalue weighted by molar-refractivity contribution is 0.318. The van der Waals surface area contributed by atoms with Crippen LogP contribution in [-0.4, -0.2) is 16.7 Å². The molecule has 0 atom stereocenters. The van der Waals surface area contributed by atoms with Crippen molar-refractivity contribution in [1.29, 1.82) is 0 Å². The molecule has 1 aromatic rings. The summed E-state index contributed by atoms with van der Waals surface area (Å²) in [4.78, 5) is 1.25. The lowest BCUT2D eigenvalue weighted by Crippen LogP contribution is -2.11. The predicted molar refractivity (Wildman–Crippen MR) is 59.6 cm³/mol. The molecule has 0 aromatic heterocycles. The lowest BCUT2D eigenvalue weighted by atomic mass is 10.00. The molecule has 0 spiro atoms. The molecular weight excluding hydrogens is 194 g/mol. The molecule has 2 rings (SSSR count). The molecule has 1 aliphatic rings. The highest BCUT2D eigenvalue weighted by atomic mass is 32.2. The second kappa shape index (κ2) is 3.65. The zero-order chi connectivity index (χ0) is 10.1. The minimum Gasteiger partial charge on any atom is -0.411 e. The van der Waals surface area contributed by atoms with Crippen molar-refractivity contribution in [2.75, 3.05) is 5.75 Å². The number of thioether (sulfide) groups is 1. The Kier molecular flexibility index (Phi) is 2.50. The van der Waals surface area contributed by atoms with Gasteiger partial charge in [0.25, 0.3) is 0 Å². The standard InChI is InChI=1S/C11H13NOS/c1-7-5-8(2)11-9(12-13)3-4-14-10(11)6-7/h5-6,13H,3-4H2,1-2H3. The Hall–Kier alpha value is -0.960. The summed E-state index contributed by atoms with van der Waals surface area (Å²) in [6, 6.07) is 4.30. The van der Waals surface area contributed by atoms with Crippen molar-refractivity contribution in [3.8, 4) is 0 Å². The fourth-order valence-corrected chi connectivity index (χ4v) is 3.10. The molecule has 1 aliphatic heterocycles. The normalized spacial score (nSPS) is 18.3. The van der Waals surface area contributed by atoms with E-state index in [4.69, 9.17) is 5.21 Å². The second-order valence-corrected chi connectivity index (χ2v) is 4.74. The molecule has 0 aliphatic carbocycles. The molecule has 0 saturated carbocycles. The minimum atomic E-state index is 0.830. The number of benzene rings is 1. The molecule has 2 nitrogen and oxygen atoms in total. The van der Waals surface area contributed by atoms with Gasteiger partial charge in [-0.1, -0.05) is 11.2 Å². The smallest absolute Gasteiger partial charge is 0.0890 e. The molecule has 14 heavy (non-hydrogen) atoms. The number of nitrogens with zero attached hydrogens (tertiary/aromatic N) is 1. The fourth-order valence-electron chi connectivity index (χ4n) is 1.89. The summed E-state index contributed by atoms with van der Waals surface area (Å²) in [6.45, 7) is 4.17. The van der Waals surface area contributed by atoms with E-state index in [1.165, 1.54) is 16.0 Å². The van der Waals surface area contributed by atoms with Crippen LogP contribution in [0.15, 0.2) is 22.2 Å². The number of fused-ring (bicyclic) bond motifs is 1. The molecule has 0 radical (unpaired) electrons. The van der Waals surface area contributed by atoms with Crippen molar-refractivity contribution in [3.63, 3.8) is 0 Å². The van der Waals surface area contributed by atoms with Crippen LogP contribution >= 0.6 is 11.8 Å². The van der Waals surface area contributed by atoms with E-state index in [1.807, 2.05) is 11.8 Å². The average molecular weight is 207 g/mol. The van der Waals surface area contributed by atoms with Crippen LogP contribution in [0, 0.1) is 13.8 Å². The van der Waals surface area contributed by atoms with Gasteiger partial charge in [0.2, 0.25) is 0 Å². The molecule has 1 heterocycles. The predicted octanol–water partition coefficient (Wildman–Crippen LogP) is 2.98. The largest absolute Gasteiger partial charge is 0.411 e. The number of hydrogen-bond acceptors (Lipinski definition) is 3. The SMILES string of the molecule is Cc1cc(C)c2c(c1)SCCC2=NO. The van der Waals surface area contributed by atoms with Crippen LogP contribution in [0.4, 0.5) is 0 Å². The van der Waals surface area contributed by atoms with Gasteiger partial charge < -0.3 is 5.21 Å². The van der Waals surface area contributed by atoms with Gasteiger partial charge in [-0.15, -0.1) is 11.8 Å². The third-order valence-corrected chi connectivity index (χ3v) is 3.49. The summed E-state index contributed by atoms with van der Waals surface area (Å²) >= 11 is 1.84. The maximum Gasteiger partial charge on any atom is 0.0890 e. The maximum atomic E-state index is 8.91. The van der Waals surface area contributed by atoms with Gasteiger partial charge in [0.05, 0.1) is 5.71 Å². The van der Waals surface area contributed by atoms with Crippen LogP contribution < -0.4 is 0 Å². The topological polar surface area (TPSA) is 32.6 Å². The van der Waals surface area contributed by atoms with Crippen LogP contribution in [0.2, 0.25) is 0 Å². The zero-order valence-corrected chi connectivity index (χ0v) is 9.19. The van der Waals surface area contributed by atoms with Gasteiger partial charge in [-0.2, -0.15) is 0 Å². The molecule has 74 valence electrons. The van der Waals surface area contributed by atoms with Gasteiger partial charge in [-0.3, -0.25) is 0 Å². The van der Waals surface area contributed by atoms with E-state index in [1.54, 1.807) is 0 Å². The van der Waals surface area contributed by atoms with Crippen LogP contribution in [0.3, 0.4) is 0 Å². The Bertz CT molecular complexity index is 399. The highest BCUT2D eigenvalue weighted by Crippen LogP contribution is 2.33. The van der Waals surface area contributed by atoms with Gasteiger partial charge >= 0.3 is 0 Å². The zero-order valence-electron chi connectivity index (χ0n) is 8.37. The summed E-state index contributed by atoms with van der Waals surface area (Å²) in [5, 5.41) is 12.3. The van der Waals surface area contributed by atoms with Gasteiger partial charge in [0, 0.05) is 22.6 Å². The highest BCUT2D eigenvalue weighted by molar-refractivity contribution is 7.99. The summed E-state index contributed by atoms with van der Waals surface area (Å²) < 4.78 is 0. The number of rotatable bonds is 0. The third kappa shape index (κ3) is 1.52. The maximum absolute atomic E-state index is 8.91. The summed E-state index contributed by atoms with van der Waals surface area (Å²) in [5.41, 5.74) is 4.44. The first kappa shape index (κ1) is 9.59. The van der Waals surface area contributed by atoms with Crippen LogP contribution in [0.25, 0.3) is 0 Å². The van der Waals surface area contributed by atoms with Crippen LogP contribution in [0.1, 0.15) is 23.1 Å². The van der Waals surface area contributed by atoms with E-state index in [0.717, 1.165) is 23.4 Å². The number of hydrogen-bond donors (Lipinski definition) is 1. The van der Waals surface area contributed by atoms with Crippen molar-refractivity contribution in [2.24, 2.45) is 5.16 Å². The first-order valence-corrected chi connectivity index (χ1v) is 5.66. The molecule has 0 unspecified atom stereocenters. The molecule has 0 saturated heterocycles. The number of oxime groups is 1. The fraction of sp³-hybridized carbons (Fsp3) is 0.364. The Balaban J connectivity index is 2.63. The van der Waals surface area contributed by atoms with Gasteiger partial charge in [-0.25, -0.2) is 0 Å². The van der Waals surface area contributed by atoms with Crippen molar-refractivity contribution in [1.82, 2.24) is 0 Å². The molecule has 0 bridgehead atoms. The molecular formula is C11H13NOS. The van der Waals surface area contributed by atoms with Crippen molar-refractivity contribution in [3.05, 3.63) is 28.8 Å². The first-order valence-electron chi connectivity index (χ1n) is 4.67. The number of aryl methyl sites for hydroxylation is 2. The van der Waals surface area contributed by atoms with E-state index in [0.29, 0.717) is 0 Å². The van der Waals surface area contributed by atoms with E-state index in [2.05, 4.69) is 31.1 Å². The van der Waals surface area contributed by atoms with Crippen molar-refractivity contribution in [2.45, 2.75) is 25.2 Å². The Labute approximate surface area is 88.0 Å². The quantitative estimate of drug-likeness (QED) is 0.524. The molecule has 0 amide bonds. The average Bonchev–Trinajstić information content (AvgIpc) is 2.16. The molecule has 0 fully saturated rings. The molecule has 3 heteroatoms. The Morgan fingerprint density at radius 2 is 2.14 bits per heavy atom. The van der Waals surface area contributed by atoms with E-state index >= 15 is 0 Å². The minimum absolute atomic E-state index is 0.830. The summed E-state index contributed by atoms with van der Waals surface area (Å²) in [7, 11) is 0. The van der Waals surface area contributed by atoms with Crippen molar-refractivity contribution < 1.29 is 5.21 Å². The Morgan fingerprint density at radius 1 is 1.36 bits per heavy atom. The molecule has 1 aromatic carbocycles. The van der Waals surface area contributed by atoms with Crippen LogP contribution in [0.5, 0.6) is 0 Å². The van der Waals surface area contributed by atoms with E-state index in [-0.39, 0.29) is 0 Å². The summed E-state index contributed by atoms with van der Waals surface area (Å²) in [5.74, 6) is 1.01.